The summed E-state index contributed by atoms with van der Waals surface area (Å²) in [4.78, 5) is 21.1. The van der Waals surface area contributed by atoms with Crippen LogP contribution in [-0.4, -0.2) is 32.1 Å². The molecule has 0 amide bonds. The summed E-state index contributed by atoms with van der Waals surface area (Å²) in [5, 5.41) is 8.54. The molecule has 0 atom stereocenters. The maximum Gasteiger partial charge on any atom is 0.169 e. The summed E-state index contributed by atoms with van der Waals surface area (Å²) in [6.45, 7) is 0. The number of halogens is 2. The summed E-state index contributed by atoms with van der Waals surface area (Å²) in [5.41, 5.74) is 2.89. The Labute approximate surface area is 152 Å². The standard InChI is InChI=1S/C11H9ClN2O.C5H5BrN2O/c1-14-11(7-15)10(6-13-14)8-2-4-9(12)5-3-8;1-8-5(3-9)4(6)2-7-8/h2-7H,1H3;2-3H,1H3. The molecule has 1 aromatic carbocycles. The van der Waals surface area contributed by atoms with Crippen LogP contribution in [0.15, 0.2) is 41.1 Å². The van der Waals surface area contributed by atoms with Gasteiger partial charge in [-0.1, -0.05) is 23.7 Å². The number of hydrogen-bond donors (Lipinski definition) is 0. The summed E-state index contributed by atoms with van der Waals surface area (Å²) in [7, 11) is 3.46. The van der Waals surface area contributed by atoms with Crippen LogP contribution in [0.25, 0.3) is 11.1 Å². The van der Waals surface area contributed by atoms with Crippen LogP contribution in [-0.2, 0) is 14.1 Å². The van der Waals surface area contributed by atoms with E-state index in [-0.39, 0.29) is 0 Å². The first-order valence-electron chi connectivity index (χ1n) is 6.83. The van der Waals surface area contributed by atoms with Gasteiger partial charge < -0.3 is 0 Å². The molecule has 0 aliphatic carbocycles. The van der Waals surface area contributed by atoms with Crippen molar-refractivity contribution in [3.05, 3.63) is 57.5 Å². The van der Waals surface area contributed by atoms with E-state index in [2.05, 4.69) is 26.1 Å². The summed E-state index contributed by atoms with van der Waals surface area (Å²) >= 11 is 8.95. The van der Waals surface area contributed by atoms with Crippen molar-refractivity contribution in [3.8, 4) is 11.1 Å². The molecule has 6 nitrogen and oxygen atoms in total. The Kier molecular flexibility index (Phi) is 6.05. The van der Waals surface area contributed by atoms with Crippen molar-refractivity contribution in [3.63, 3.8) is 0 Å². The van der Waals surface area contributed by atoms with Gasteiger partial charge in [-0.15, -0.1) is 0 Å². The third-order valence-corrected chi connectivity index (χ3v) is 4.16. The number of aromatic nitrogens is 4. The number of benzene rings is 1. The third-order valence-electron chi connectivity index (χ3n) is 3.30. The maximum absolute atomic E-state index is 10.9. The van der Waals surface area contributed by atoms with Crippen molar-refractivity contribution >= 4 is 40.1 Å². The number of hydrogen-bond acceptors (Lipinski definition) is 4. The van der Waals surface area contributed by atoms with Gasteiger partial charge in [-0.05, 0) is 33.6 Å². The van der Waals surface area contributed by atoms with Gasteiger partial charge in [-0.2, -0.15) is 10.2 Å². The molecule has 0 bridgehead atoms. The van der Waals surface area contributed by atoms with E-state index in [1.165, 1.54) is 4.68 Å². The Bertz CT molecular complexity index is 836. The molecule has 0 radical (unpaired) electrons. The van der Waals surface area contributed by atoms with Gasteiger partial charge in [0, 0.05) is 24.7 Å². The zero-order valence-corrected chi connectivity index (χ0v) is 15.3. The van der Waals surface area contributed by atoms with E-state index in [9.17, 15) is 9.59 Å². The molecule has 0 saturated heterocycles. The Balaban J connectivity index is 0.000000198. The Morgan fingerprint density at radius 2 is 1.50 bits per heavy atom. The van der Waals surface area contributed by atoms with E-state index in [1.54, 1.807) is 43.3 Å². The minimum atomic E-state index is 0.565. The second kappa shape index (κ2) is 8.03. The Morgan fingerprint density at radius 3 is 1.96 bits per heavy atom. The number of carbonyl (C=O) groups is 2. The van der Waals surface area contributed by atoms with Crippen LogP contribution in [0.5, 0.6) is 0 Å². The molecule has 3 rings (SSSR count). The molecule has 0 aliphatic rings. The van der Waals surface area contributed by atoms with E-state index < -0.39 is 0 Å². The summed E-state index contributed by atoms with van der Waals surface area (Å²) < 4.78 is 3.80. The highest BCUT2D eigenvalue weighted by Crippen LogP contribution is 2.23. The lowest BCUT2D eigenvalue weighted by Crippen LogP contribution is -1.96. The average Bonchev–Trinajstić information content (AvgIpc) is 3.10. The van der Waals surface area contributed by atoms with Crippen LogP contribution in [0, 0.1) is 0 Å². The first-order valence-corrected chi connectivity index (χ1v) is 8.00. The molecule has 2 heterocycles. The molecule has 2 aromatic heterocycles. The molecular weight excluding hydrogens is 396 g/mol. The zero-order valence-electron chi connectivity index (χ0n) is 13.0. The molecule has 3 aromatic rings. The topological polar surface area (TPSA) is 69.8 Å². The third kappa shape index (κ3) is 3.98. The molecule has 8 heteroatoms. The van der Waals surface area contributed by atoms with Crippen LogP contribution in [0.2, 0.25) is 5.02 Å². The van der Waals surface area contributed by atoms with Crippen molar-refractivity contribution in [1.29, 1.82) is 0 Å². The molecule has 0 fully saturated rings. The molecule has 0 spiro atoms. The van der Waals surface area contributed by atoms with Gasteiger partial charge in [0.05, 0.1) is 16.9 Å². The summed E-state index contributed by atoms with van der Waals surface area (Å²) in [5.74, 6) is 0. The van der Waals surface area contributed by atoms with E-state index in [0.717, 1.165) is 28.2 Å². The van der Waals surface area contributed by atoms with Gasteiger partial charge in [-0.3, -0.25) is 19.0 Å². The van der Waals surface area contributed by atoms with Crippen molar-refractivity contribution in [2.45, 2.75) is 0 Å². The zero-order chi connectivity index (χ0) is 17.7. The van der Waals surface area contributed by atoms with Crippen LogP contribution in [0.1, 0.15) is 21.0 Å². The number of rotatable bonds is 3. The van der Waals surface area contributed by atoms with Crippen molar-refractivity contribution in [2.75, 3.05) is 0 Å². The van der Waals surface area contributed by atoms with Gasteiger partial charge in [0.25, 0.3) is 0 Å². The predicted molar refractivity (Wildman–Crippen MR) is 95.3 cm³/mol. The maximum atomic E-state index is 10.9. The largest absolute Gasteiger partial charge is 0.296 e. The van der Waals surface area contributed by atoms with E-state index in [4.69, 9.17) is 11.6 Å². The first-order chi connectivity index (χ1) is 11.5. The fourth-order valence-electron chi connectivity index (χ4n) is 1.99. The monoisotopic (exact) mass is 408 g/mol. The lowest BCUT2D eigenvalue weighted by molar-refractivity contribution is 0.110. The summed E-state index contributed by atoms with van der Waals surface area (Å²) in [6.07, 6.45) is 4.82. The second-order valence-corrected chi connectivity index (χ2v) is 6.10. The molecule has 0 aliphatic heterocycles. The minimum absolute atomic E-state index is 0.565. The van der Waals surface area contributed by atoms with Crippen molar-refractivity contribution in [1.82, 2.24) is 19.6 Å². The molecular formula is C16H14BrClN4O2. The second-order valence-electron chi connectivity index (χ2n) is 4.81. The number of aryl methyl sites for hydroxylation is 2. The van der Waals surface area contributed by atoms with Crippen LogP contribution < -0.4 is 0 Å². The number of carbonyl (C=O) groups excluding carboxylic acids is 2. The highest BCUT2D eigenvalue weighted by atomic mass is 79.9. The van der Waals surface area contributed by atoms with Crippen molar-refractivity contribution < 1.29 is 9.59 Å². The Morgan fingerprint density at radius 1 is 0.958 bits per heavy atom. The molecule has 0 unspecified atom stereocenters. The Hall–Kier alpha value is -2.25. The van der Waals surface area contributed by atoms with Gasteiger partial charge >= 0.3 is 0 Å². The van der Waals surface area contributed by atoms with Crippen LogP contribution in [0.3, 0.4) is 0 Å². The average molecular weight is 410 g/mol. The van der Waals surface area contributed by atoms with E-state index in [0.29, 0.717) is 16.4 Å². The lowest BCUT2D eigenvalue weighted by atomic mass is 10.1. The quantitative estimate of drug-likeness (QED) is 0.620. The minimum Gasteiger partial charge on any atom is -0.296 e. The highest BCUT2D eigenvalue weighted by molar-refractivity contribution is 9.10. The first kappa shape index (κ1) is 18.1. The highest BCUT2D eigenvalue weighted by Gasteiger charge is 2.09. The normalized spacial score (nSPS) is 10.0. The van der Waals surface area contributed by atoms with Gasteiger partial charge in [0.1, 0.15) is 11.4 Å². The molecule has 0 N–H and O–H groups in total. The predicted octanol–water partition coefficient (Wildman–Crippen LogP) is 3.55. The van der Waals surface area contributed by atoms with E-state index in [1.807, 2.05) is 12.1 Å². The molecule has 24 heavy (non-hydrogen) atoms. The SMILES string of the molecule is Cn1ncc(-c2ccc(Cl)cc2)c1C=O.Cn1ncc(Br)c1C=O. The smallest absolute Gasteiger partial charge is 0.169 e. The van der Waals surface area contributed by atoms with Gasteiger partial charge in [0.2, 0.25) is 0 Å². The fourth-order valence-corrected chi connectivity index (χ4v) is 2.56. The molecule has 124 valence electrons. The van der Waals surface area contributed by atoms with Crippen molar-refractivity contribution in [2.24, 2.45) is 14.1 Å². The van der Waals surface area contributed by atoms with E-state index >= 15 is 0 Å². The van der Waals surface area contributed by atoms with Crippen LogP contribution in [0.4, 0.5) is 0 Å². The van der Waals surface area contributed by atoms with Crippen LogP contribution >= 0.6 is 27.5 Å². The van der Waals surface area contributed by atoms with Gasteiger partial charge in [-0.25, -0.2) is 0 Å². The lowest BCUT2D eigenvalue weighted by Gasteiger charge is -1.99. The molecule has 0 saturated carbocycles. The summed E-state index contributed by atoms with van der Waals surface area (Å²) in [6, 6.07) is 7.32. The number of nitrogens with zero attached hydrogens (tertiary/aromatic N) is 4. The van der Waals surface area contributed by atoms with Gasteiger partial charge in [0.15, 0.2) is 12.6 Å². The fraction of sp³-hybridized carbons (Fsp3) is 0.125. The number of aldehydes is 2.